The number of rotatable bonds is 1. The quantitative estimate of drug-likeness (QED) is 0.551. The number of thioether (sulfide) groups is 1. The van der Waals surface area contributed by atoms with Gasteiger partial charge in [0.1, 0.15) is 0 Å². The largest absolute Gasteiger partial charge is 0.480 e. The van der Waals surface area contributed by atoms with Crippen LogP contribution in [0, 0.1) is 0 Å². The van der Waals surface area contributed by atoms with Crippen molar-refractivity contribution in [2.45, 2.75) is 19.6 Å². The summed E-state index contributed by atoms with van der Waals surface area (Å²) in [5.74, 6) is -2.26. The topological polar surface area (TPSA) is 55.8 Å². The molecule has 1 aliphatic rings. The molecule has 0 saturated heterocycles. The fourth-order valence-electron chi connectivity index (χ4n) is 0.939. The van der Waals surface area contributed by atoms with E-state index >= 15 is 0 Å². The van der Waals surface area contributed by atoms with Crippen molar-refractivity contribution < 1.29 is 19.4 Å². The normalized spacial score (nSPS) is 20.1. The van der Waals surface area contributed by atoms with Crippen molar-refractivity contribution >= 4 is 34.1 Å². The van der Waals surface area contributed by atoms with Gasteiger partial charge in [-0.2, -0.15) is 0 Å². The molecule has 1 heterocycles. The maximum Gasteiger partial charge on any atom is 0.350 e. The van der Waals surface area contributed by atoms with E-state index in [1.54, 1.807) is 6.26 Å². The second kappa shape index (κ2) is 3.78. The second-order valence-electron chi connectivity index (χ2n) is 3.06. The predicted octanol–water partition coefficient (Wildman–Crippen LogP) is 1.76. The van der Waals surface area contributed by atoms with Crippen molar-refractivity contribution in [3.8, 4) is 0 Å². The minimum absolute atomic E-state index is 0.0770. The number of hydrogen-bond donors (Lipinski definition) is 1. The van der Waals surface area contributed by atoms with Gasteiger partial charge in [0.25, 0.3) is 11.7 Å². The lowest BCUT2D eigenvalue weighted by Gasteiger charge is -2.30. The molecule has 1 rings (SSSR count). The Morgan fingerprint density at radius 3 is 2.50 bits per heavy atom. The van der Waals surface area contributed by atoms with Gasteiger partial charge in [-0.1, -0.05) is 12.2 Å². The average Bonchev–Trinajstić information content (AvgIpc) is 1.99. The smallest absolute Gasteiger partial charge is 0.350 e. The van der Waals surface area contributed by atoms with E-state index in [2.05, 4.69) is 0 Å². The number of carbonyl (C=O) groups is 1. The lowest BCUT2D eigenvalue weighted by molar-refractivity contribution is -0.220. The highest BCUT2D eigenvalue weighted by atomic mass is 32.2. The van der Waals surface area contributed by atoms with Crippen LogP contribution in [0.25, 0.3) is 0 Å². The first kappa shape index (κ1) is 11.3. The molecule has 0 amide bonds. The molecule has 0 bridgehead atoms. The maximum atomic E-state index is 11.4. The first-order valence-electron chi connectivity index (χ1n) is 3.81. The van der Waals surface area contributed by atoms with Crippen molar-refractivity contribution in [2.75, 3.05) is 6.26 Å². The summed E-state index contributed by atoms with van der Waals surface area (Å²) in [6.07, 6.45) is 1.70. The number of ether oxygens (including phenoxy) is 2. The molecule has 14 heavy (non-hydrogen) atoms. The van der Waals surface area contributed by atoms with Crippen molar-refractivity contribution in [1.29, 1.82) is 0 Å². The molecule has 0 aromatic rings. The fraction of sp³-hybridized carbons (Fsp3) is 0.500. The van der Waals surface area contributed by atoms with E-state index < -0.39 is 17.7 Å². The summed E-state index contributed by atoms with van der Waals surface area (Å²) in [7, 11) is 0. The van der Waals surface area contributed by atoms with Crippen molar-refractivity contribution in [3.05, 3.63) is 11.5 Å². The van der Waals surface area contributed by atoms with Crippen LogP contribution in [0.4, 0.5) is 0 Å². The number of carbonyl (C=O) groups excluding carboxylic acids is 1. The molecule has 1 aliphatic heterocycles. The zero-order valence-corrected chi connectivity index (χ0v) is 9.62. The molecule has 0 fully saturated rings. The van der Waals surface area contributed by atoms with Crippen LogP contribution in [0.1, 0.15) is 13.8 Å². The van der Waals surface area contributed by atoms with E-state index in [0.717, 1.165) is 0 Å². The van der Waals surface area contributed by atoms with Gasteiger partial charge in [-0.25, -0.2) is 4.79 Å². The third-order valence-electron chi connectivity index (χ3n) is 1.49. The van der Waals surface area contributed by atoms with E-state index in [4.69, 9.17) is 21.7 Å². The van der Waals surface area contributed by atoms with Gasteiger partial charge in [-0.15, -0.1) is 11.8 Å². The second-order valence-corrected chi connectivity index (χ2v) is 4.55. The molecule has 0 aromatic carbocycles. The molecule has 0 unspecified atom stereocenters. The molecule has 0 aliphatic carbocycles. The summed E-state index contributed by atoms with van der Waals surface area (Å²) in [4.78, 5) is 11.4. The Hall–Kier alpha value is -0.750. The Morgan fingerprint density at radius 1 is 1.50 bits per heavy atom. The summed E-state index contributed by atoms with van der Waals surface area (Å²) >= 11 is 6.04. The van der Waals surface area contributed by atoms with Crippen LogP contribution < -0.4 is 0 Å². The Morgan fingerprint density at radius 2 is 2.07 bits per heavy atom. The van der Waals surface area contributed by atoms with Gasteiger partial charge < -0.3 is 14.6 Å². The van der Waals surface area contributed by atoms with Gasteiger partial charge in [0.2, 0.25) is 0 Å². The van der Waals surface area contributed by atoms with Gasteiger partial charge >= 0.3 is 5.97 Å². The van der Waals surface area contributed by atoms with Crippen LogP contribution in [-0.4, -0.2) is 27.3 Å². The molecular weight excluding hydrogens is 224 g/mol. The van der Waals surface area contributed by atoms with Crippen LogP contribution in [0.2, 0.25) is 0 Å². The highest BCUT2D eigenvalue weighted by molar-refractivity contribution is 8.23. The molecule has 78 valence electrons. The summed E-state index contributed by atoms with van der Waals surface area (Å²) in [6, 6.07) is 0. The molecular formula is C8H10O4S2. The molecule has 0 spiro atoms. The zero-order valence-electron chi connectivity index (χ0n) is 7.99. The monoisotopic (exact) mass is 234 g/mol. The Bertz CT molecular complexity index is 319. The van der Waals surface area contributed by atoms with Crippen molar-refractivity contribution in [2.24, 2.45) is 0 Å². The van der Waals surface area contributed by atoms with Gasteiger partial charge in [0.05, 0.1) is 4.20 Å². The molecule has 1 N–H and O–H groups in total. The van der Waals surface area contributed by atoms with E-state index in [1.807, 2.05) is 0 Å². The van der Waals surface area contributed by atoms with Gasteiger partial charge in [-0.05, 0) is 6.26 Å². The first-order valence-corrected chi connectivity index (χ1v) is 5.44. The minimum atomic E-state index is -1.14. The highest BCUT2D eigenvalue weighted by Crippen LogP contribution is 2.27. The Kier molecular flexibility index (Phi) is 3.06. The fourth-order valence-corrected chi connectivity index (χ4v) is 1.48. The Labute approximate surface area is 91.3 Å². The van der Waals surface area contributed by atoms with Crippen LogP contribution in [0.15, 0.2) is 11.5 Å². The SMILES string of the molecule is CSC(=S)C1=C(O)OC(C)(C)OC1=O. The molecule has 4 nitrogen and oxygen atoms in total. The van der Waals surface area contributed by atoms with Crippen LogP contribution in [0.5, 0.6) is 0 Å². The van der Waals surface area contributed by atoms with Gasteiger partial charge in [0, 0.05) is 13.8 Å². The maximum absolute atomic E-state index is 11.4. The van der Waals surface area contributed by atoms with Crippen molar-refractivity contribution in [1.82, 2.24) is 0 Å². The number of aliphatic hydroxyl groups is 1. The van der Waals surface area contributed by atoms with Gasteiger partial charge in [-0.3, -0.25) is 0 Å². The molecule has 0 atom stereocenters. The van der Waals surface area contributed by atoms with E-state index in [0.29, 0.717) is 0 Å². The van der Waals surface area contributed by atoms with Crippen LogP contribution in [-0.2, 0) is 14.3 Å². The molecule has 0 radical (unpaired) electrons. The highest BCUT2D eigenvalue weighted by Gasteiger charge is 2.37. The van der Waals surface area contributed by atoms with Crippen LogP contribution in [0.3, 0.4) is 0 Å². The summed E-state index contributed by atoms with van der Waals surface area (Å²) in [6.45, 7) is 3.06. The van der Waals surface area contributed by atoms with E-state index in [-0.39, 0.29) is 9.77 Å². The van der Waals surface area contributed by atoms with E-state index in [9.17, 15) is 9.90 Å². The molecule has 6 heteroatoms. The Balaban J connectivity index is 3.05. The predicted molar refractivity (Wildman–Crippen MR) is 57.0 cm³/mol. The number of esters is 1. The summed E-state index contributed by atoms with van der Waals surface area (Å²) in [5.41, 5.74) is -0.0770. The number of cyclic esters (lactones) is 1. The zero-order chi connectivity index (χ0) is 10.9. The minimum Gasteiger partial charge on any atom is -0.480 e. The van der Waals surface area contributed by atoms with E-state index in [1.165, 1.54) is 25.6 Å². The summed E-state index contributed by atoms with van der Waals surface area (Å²) < 4.78 is 10.1. The third kappa shape index (κ3) is 2.19. The van der Waals surface area contributed by atoms with Crippen LogP contribution >= 0.6 is 24.0 Å². The standard InChI is InChI=1S/C8H10O4S2/c1-8(2)11-5(9)4(6(10)12-8)7(13)14-3/h9H,1-3H3. The summed E-state index contributed by atoms with van der Waals surface area (Å²) in [5, 5.41) is 9.43. The van der Waals surface area contributed by atoms with Crippen molar-refractivity contribution in [3.63, 3.8) is 0 Å². The average molecular weight is 234 g/mol. The first-order chi connectivity index (χ1) is 6.37. The third-order valence-corrected chi connectivity index (χ3v) is 2.77. The molecule has 0 saturated carbocycles. The van der Waals surface area contributed by atoms with Gasteiger partial charge in [0.15, 0.2) is 5.57 Å². The lowest BCUT2D eigenvalue weighted by atomic mass is 10.2. The number of thiocarbonyl (C=S) groups is 1. The number of aliphatic hydroxyl groups excluding tert-OH is 1. The lowest BCUT2D eigenvalue weighted by Crippen LogP contribution is -2.38. The number of hydrogen-bond acceptors (Lipinski definition) is 6. The molecule has 0 aromatic heterocycles.